The first-order valence-electron chi connectivity index (χ1n) is 7.80. The van der Waals surface area contributed by atoms with Crippen molar-refractivity contribution in [1.82, 2.24) is 0 Å². The summed E-state index contributed by atoms with van der Waals surface area (Å²) in [6, 6.07) is 8.43. The number of para-hydroxylation sites is 1. The Balaban J connectivity index is 2.03. The number of nitrogens with two attached hydrogens (primary N) is 1. The Kier molecular flexibility index (Phi) is 5.44. The van der Waals surface area contributed by atoms with Gasteiger partial charge in [-0.15, -0.1) is 0 Å². The molecule has 0 spiro atoms. The van der Waals surface area contributed by atoms with E-state index in [-0.39, 0.29) is 18.2 Å². The molecule has 1 fully saturated rings. The molecule has 0 saturated heterocycles. The van der Waals surface area contributed by atoms with Crippen molar-refractivity contribution >= 4 is 0 Å². The second-order valence-corrected chi connectivity index (χ2v) is 5.74. The van der Waals surface area contributed by atoms with Gasteiger partial charge in [0.05, 0.1) is 0 Å². The summed E-state index contributed by atoms with van der Waals surface area (Å²) in [6.07, 6.45) is 3.14. The van der Waals surface area contributed by atoms with Crippen LogP contribution < -0.4 is 10.5 Å². The van der Waals surface area contributed by atoms with Crippen LogP contribution in [0.5, 0.6) is 5.75 Å². The quantitative estimate of drug-likeness (QED) is 0.830. The Labute approximate surface area is 122 Å². The molecule has 1 aromatic rings. The highest BCUT2D eigenvalue weighted by Crippen LogP contribution is 2.33. The zero-order valence-corrected chi connectivity index (χ0v) is 12.8. The summed E-state index contributed by atoms with van der Waals surface area (Å²) in [5, 5.41) is 0. The van der Waals surface area contributed by atoms with E-state index in [0.29, 0.717) is 5.92 Å². The highest BCUT2D eigenvalue weighted by molar-refractivity contribution is 5.36. The van der Waals surface area contributed by atoms with Gasteiger partial charge in [-0.3, -0.25) is 0 Å². The van der Waals surface area contributed by atoms with Gasteiger partial charge >= 0.3 is 0 Å². The Morgan fingerprint density at radius 3 is 2.70 bits per heavy atom. The molecule has 112 valence electrons. The zero-order valence-electron chi connectivity index (χ0n) is 12.8. The van der Waals surface area contributed by atoms with E-state index in [0.717, 1.165) is 31.6 Å². The second kappa shape index (κ2) is 7.09. The lowest BCUT2D eigenvalue weighted by Gasteiger charge is -2.42. The molecule has 0 radical (unpaired) electrons. The minimum absolute atomic E-state index is 0.0416. The lowest BCUT2D eigenvalue weighted by molar-refractivity contribution is -0.0983. The summed E-state index contributed by atoms with van der Waals surface area (Å²) in [7, 11) is 0. The topological polar surface area (TPSA) is 44.5 Å². The maximum atomic E-state index is 6.18. The molecule has 1 aliphatic carbocycles. The van der Waals surface area contributed by atoms with E-state index in [4.69, 9.17) is 15.2 Å². The maximum absolute atomic E-state index is 6.18. The standard InChI is InChI=1S/C17H27NO2/c1-4-10-19-17-14(18)11-16(17)20-15-9-7-6-8-13(15)12(3)5-2/h6-9,12,14,16-17H,4-5,10-11,18H2,1-3H3. The number of benzene rings is 1. The molecule has 0 aromatic heterocycles. The normalized spacial score (nSPS) is 26.9. The maximum Gasteiger partial charge on any atom is 0.128 e. The van der Waals surface area contributed by atoms with Crippen molar-refractivity contribution in [3.63, 3.8) is 0 Å². The fourth-order valence-electron chi connectivity index (χ4n) is 2.59. The molecule has 2 N–H and O–H groups in total. The molecule has 0 heterocycles. The van der Waals surface area contributed by atoms with E-state index in [1.54, 1.807) is 0 Å². The Bertz CT molecular complexity index is 421. The van der Waals surface area contributed by atoms with E-state index < -0.39 is 0 Å². The molecule has 1 aliphatic rings. The highest BCUT2D eigenvalue weighted by Gasteiger charge is 2.41. The predicted molar refractivity (Wildman–Crippen MR) is 82.2 cm³/mol. The number of hydrogen-bond donors (Lipinski definition) is 1. The monoisotopic (exact) mass is 277 g/mol. The molecular formula is C17H27NO2. The molecule has 3 heteroatoms. The van der Waals surface area contributed by atoms with Gasteiger partial charge in [-0.2, -0.15) is 0 Å². The summed E-state index contributed by atoms with van der Waals surface area (Å²) in [5.41, 5.74) is 7.31. The van der Waals surface area contributed by atoms with Gasteiger partial charge in [-0.25, -0.2) is 0 Å². The third kappa shape index (κ3) is 3.33. The van der Waals surface area contributed by atoms with Crippen molar-refractivity contribution in [3.05, 3.63) is 29.8 Å². The van der Waals surface area contributed by atoms with Gasteiger partial charge in [-0.1, -0.05) is 39.0 Å². The van der Waals surface area contributed by atoms with E-state index in [1.165, 1.54) is 5.56 Å². The lowest BCUT2D eigenvalue weighted by atomic mass is 9.85. The van der Waals surface area contributed by atoms with Gasteiger partial charge in [0.1, 0.15) is 18.0 Å². The van der Waals surface area contributed by atoms with Crippen LogP contribution in [-0.2, 0) is 4.74 Å². The molecular weight excluding hydrogens is 250 g/mol. The average Bonchev–Trinajstić information content (AvgIpc) is 2.46. The first-order chi connectivity index (χ1) is 9.67. The Morgan fingerprint density at radius 2 is 2.05 bits per heavy atom. The van der Waals surface area contributed by atoms with Gasteiger partial charge in [0.25, 0.3) is 0 Å². The van der Waals surface area contributed by atoms with Crippen LogP contribution in [0.2, 0.25) is 0 Å². The zero-order chi connectivity index (χ0) is 14.5. The molecule has 0 aliphatic heterocycles. The SMILES string of the molecule is CCCOC1C(N)CC1Oc1ccccc1C(C)CC. The number of hydrogen-bond acceptors (Lipinski definition) is 3. The van der Waals surface area contributed by atoms with Crippen molar-refractivity contribution in [3.8, 4) is 5.75 Å². The molecule has 3 nitrogen and oxygen atoms in total. The fourth-order valence-corrected chi connectivity index (χ4v) is 2.59. The van der Waals surface area contributed by atoms with Crippen molar-refractivity contribution in [2.24, 2.45) is 5.73 Å². The first kappa shape index (κ1) is 15.3. The van der Waals surface area contributed by atoms with Gasteiger partial charge in [-0.05, 0) is 30.4 Å². The van der Waals surface area contributed by atoms with E-state index >= 15 is 0 Å². The van der Waals surface area contributed by atoms with Gasteiger partial charge in [0, 0.05) is 19.1 Å². The van der Waals surface area contributed by atoms with Crippen molar-refractivity contribution < 1.29 is 9.47 Å². The van der Waals surface area contributed by atoms with Crippen molar-refractivity contribution in [1.29, 1.82) is 0 Å². The fraction of sp³-hybridized carbons (Fsp3) is 0.647. The number of rotatable bonds is 7. The number of ether oxygens (including phenoxy) is 2. The van der Waals surface area contributed by atoms with Crippen molar-refractivity contribution in [2.75, 3.05) is 6.61 Å². The molecule has 1 saturated carbocycles. The van der Waals surface area contributed by atoms with Crippen molar-refractivity contribution in [2.45, 2.75) is 64.2 Å². The smallest absolute Gasteiger partial charge is 0.128 e. The van der Waals surface area contributed by atoms with Crippen LogP contribution in [-0.4, -0.2) is 24.9 Å². The lowest BCUT2D eigenvalue weighted by Crippen LogP contribution is -2.59. The Hall–Kier alpha value is -1.06. The van der Waals surface area contributed by atoms with Crippen LogP contribution in [0, 0.1) is 0 Å². The van der Waals surface area contributed by atoms with Gasteiger partial charge in [0.15, 0.2) is 0 Å². The summed E-state index contributed by atoms with van der Waals surface area (Å²) in [4.78, 5) is 0. The third-order valence-electron chi connectivity index (χ3n) is 4.15. The molecule has 20 heavy (non-hydrogen) atoms. The summed E-state index contributed by atoms with van der Waals surface area (Å²) in [5.74, 6) is 1.50. The third-order valence-corrected chi connectivity index (χ3v) is 4.15. The van der Waals surface area contributed by atoms with E-state index in [2.05, 4.69) is 39.0 Å². The first-order valence-corrected chi connectivity index (χ1v) is 7.80. The van der Waals surface area contributed by atoms with Crippen LogP contribution in [0.1, 0.15) is 51.5 Å². The molecule has 2 rings (SSSR count). The van der Waals surface area contributed by atoms with Crippen LogP contribution in [0.4, 0.5) is 0 Å². The summed E-state index contributed by atoms with van der Waals surface area (Å²) < 4.78 is 12.0. The van der Waals surface area contributed by atoms with Crippen LogP contribution >= 0.6 is 0 Å². The minimum Gasteiger partial charge on any atom is -0.487 e. The molecule has 1 aromatic carbocycles. The largest absolute Gasteiger partial charge is 0.487 e. The van der Waals surface area contributed by atoms with Crippen LogP contribution in [0.25, 0.3) is 0 Å². The predicted octanol–water partition coefficient (Wildman–Crippen LogP) is 3.47. The van der Waals surface area contributed by atoms with E-state index in [9.17, 15) is 0 Å². The molecule has 0 amide bonds. The molecule has 4 unspecified atom stereocenters. The minimum atomic E-state index is 0.0416. The van der Waals surface area contributed by atoms with Crippen LogP contribution in [0.3, 0.4) is 0 Å². The molecule has 0 bridgehead atoms. The second-order valence-electron chi connectivity index (χ2n) is 5.74. The van der Waals surface area contributed by atoms with Gasteiger partial charge in [0.2, 0.25) is 0 Å². The Morgan fingerprint density at radius 1 is 1.30 bits per heavy atom. The highest BCUT2D eigenvalue weighted by atomic mass is 16.5. The van der Waals surface area contributed by atoms with Crippen LogP contribution in [0.15, 0.2) is 24.3 Å². The van der Waals surface area contributed by atoms with Gasteiger partial charge < -0.3 is 15.2 Å². The summed E-state index contributed by atoms with van der Waals surface area (Å²) in [6.45, 7) is 7.30. The van der Waals surface area contributed by atoms with E-state index in [1.807, 2.05) is 6.07 Å². The molecule has 4 atom stereocenters. The summed E-state index contributed by atoms with van der Waals surface area (Å²) >= 11 is 0. The average molecular weight is 277 g/mol.